The summed E-state index contributed by atoms with van der Waals surface area (Å²) in [6.45, 7) is 5.50. The van der Waals surface area contributed by atoms with Gasteiger partial charge in [-0.1, -0.05) is 19.1 Å². The first-order valence-electron chi connectivity index (χ1n) is 4.49. The quantitative estimate of drug-likeness (QED) is 0.529. The van der Waals surface area contributed by atoms with E-state index in [1.165, 1.54) is 0 Å². The van der Waals surface area contributed by atoms with Crippen LogP contribution < -0.4 is 0 Å². The highest BCUT2D eigenvalue weighted by atomic mass is 15.0. The lowest BCUT2D eigenvalue weighted by atomic mass is 10.4. The van der Waals surface area contributed by atoms with Gasteiger partial charge in [0.2, 0.25) is 0 Å². The molecule has 3 heteroatoms. The third-order valence-electron chi connectivity index (χ3n) is 1.54. The zero-order chi connectivity index (χ0) is 10.2. The summed E-state index contributed by atoms with van der Waals surface area (Å²) >= 11 is 0. The molecule has 0 aromatic carbocycles. The fraction of sp³-hybridized carbons (Fsp3) is 0.182. The molecule has 1 aromatic rings. The molecule has 0 atom stereocenters. The largest absolute Gasteiger partial charge is 0.245 e. The van der Waals surface area contributed by atoms with E-state index in [1.54, 1.807) is 6.20 Å². The van der Waals surface area contributed by atoms with Crippen molar-refractivity contribution in [3.05, 3.63) is 36.5 Å². The summed E-state index contributed by atoms with van der Waals surface area (Å²) in [6, 6.07) is 5.56. The van der Waals surface area contributed by atoms with E-state index in [4.69, 9.17) is 0 Å². The standard InChI is InChI=1S/C11H13N3/c1-3-4-7-10(12-2)14-11-8-5-6-9-13-11/h4-9H,2-3H2,1H3/b7-4-,14-10?. The minimum atomic E-state index is 0.588. The highest BCUT2D eigenvalue weighted by Gasteiger charge is 1.90. The zero-order valence-electron chi connectivity index (χ0n) is 8.22. The molecular formula is C11H13N3. The van der Waals surface area contributed by atoms with Crippen molar-refractivity contribution in [3.8, 4) is 0 Å². The number of pyridine rings is 1. The summed E-state index contributed by atoms with van der Waals surface area (Å²) < 4.78 is 0. The minimum Gasteiger partial charge on any atom is -0.245 e. The first kappa shape index (κ1) is 10.3. The average molecular weight is 187 g/mol. The van der Waals surface area contributed by atoms with Gasteiger partial charge in [0.05, 0.1) is 0 Å². The van der Waals surface area contributed by atoms with Gasteiger partial charge in [0, 0.05) is 6.20 Å². The first-order chi connectivity index (χ1) is 6.86. The number of nitrogens with zero attached hydrogens (tertiary/aromatic N) is 3. The van der Waals surface area contributed by atoms with Crippen LogP contribution in [0, 0.1) is 0 Å². The van der Waals surface area contributed by atoms with Crippen LogP contribution in [0.1, 0.15) is 13.3 Å². The van der Waals surface area contributed by atoms with Crippen LogP contribution in [0.5, 0.6) is 0 Å². The van der Waals surface area contributed by atoms with E-state index in [9.17, 15) is 0 Å². The molecule has 0 saturated heterocycles. The van der Waals surface area contributed by atoms with Crippen molar-refractivity contribution in [2.45, 2.75) is 13.3 Å². The van der Waals surface area contributed by atoms with Crippen LogP contribution in [0.3, 0.4) is 0 Å². The Kier molecular flexibility index (Phi) is 4.27. The molecule has 0 aliphatic heterocycles. The number of hydrogen-bond donors (Lipinski definition) is 0. The average Bonchev–Trinajstić information content (AvgIpc) is 2.25. The number of aliphatic imine (C=N–C) groups is 2. The molecule has 0 spiro atoms. The summed E-state index contributed by atoms with van der Waals surface area (Å²) in [6.07, 6.45) is 6.47. The molecule has 0 aliphatic carbocycles. The maximum atomic E-state index is 4.20. The Bertz CT molecular complexity index is 339. The van der Waals surface area contributed by atoms with Crippen molar-refractivity contribution in [1.29, 1.82) is 0 Å². The summed E-state index contributed by atoms with van der Waals surface area (Å²) in [5, 5.41) is 0. The summed E-state index contributed by atoms with van der Waals surface area (Å²) in [5.74, 6) is 1.24. The normalized spacial score (nSPS) is 11.9. The number of rotatable bonds is 3. The third kappa shape index (κ3) is 3.31. The van der Waals surface area contributed by atoms with E-state index < -0.39 is 0 Å². The highest BCUT2D eigenvalue weighted by Crippen LogP contribution is 2.06. The Morgan fingerprint density at radius 2 is 2.43 bits per heavy atom. The third-order valence-corrected chi connectivity index (χ3v) is 1.54. The smallest absolute Gasteiger partial charge is 0.154 e. The number of aromatic nitrogens is 1. The van der Waals surface area contributed by atoms with Crippen LogP contribution in [0.2, 0.25) is 0 Å². The maximum absolute atomic E-state index is 4.20. The number of hydrogen-bond acceptors (Lipinski definition) is 2. The van der Waals surface area contributed by atoms with Gasteiger partial charge in [0.25, 0.3) is 0 Å². The Morgan fingerprint density at radius 1 is 1.57 bits per heavy atom. The van der Waals surface area contributed by atoms with E-state index in [1.807, 2.05) is 30.4 Å². The number of allylic oxidation sites excluding steroid dienone is 1. The predicted octanol–water partition coefficient (Wildman–Crippen LogP) is 2.78. The van der Waals surface area contributed by atoms with Crippen LogP contribution in [-0.4, -0.2) is 17.5 Å². The van der Waals surface area contributed by atoms with Crippen molar-refractivity contribution < 1.29 is 0 Å². The molecule has 1 rings (SSSR count). The van der Waals surface area contributed by atoms with Crippen LogP contribution in [0.4, 0.5) is 5.82 Å². The molecule has 0 amide bonds. The second-order valence-electron chi connectivity index (χ2n) is 2.63. The molecule has 0 radical (unpaired) electrons. The molecule has 14 heavy (non-hydrogen) atoms. The molecule has 0 N–H and O–H groups in total. The predicted molar refractivity (Wildman–Crippen MR) is 60.3 cm³/mol. The molecule has 0 aliphatic rings. The SMILES string of the molecule is C=NC(/C=C\CC)=Nc1ccccn1. The van der Waals surface area contributed by atoms with Gasteiger partial charge in [-0.25, -0.2) is 15.0 Å². The maximum Gasteiger partial charge on any atom is 0.154 e. The van der Waals surface area contributed by atoms with Crippen molar-refractivity contribution >= 4 is 18.4 Å². The van der Waals surface area contributed by atoms with Crippen LogP contribution in [-0.2, 0) is 0 Å². The molecule has 1 aromatic heterocycles. The molecule has 3 nitrogen and oxygen atoms in total. The minimum absolute atomic E-state index is 0.588. The Hall–Kier alpha value is -1.77. The molecule has 1 heterocycles. The second kappa shape index (κ2) is 5.80. The van der Waals surface area contributed by atoms with Crippen LogP contribution in [0.15, 0.2) is 46.5 Å². The van der Waals surface area contributed by atoms with Crippen molar-refractivity contribution in [2.24, 2.45) is 9.98 Å². The Labute approximate surface area is 83.9 Å². The van der Waals surface area contributed by atoms with E-state index in [-0.39, 0.29) is 0 Å². The topological polar surface area (TPSA) is 37.6 Å². The molecule has 0 fully saturated rings. The summed E-state index contributed by atoms with van der Waals surface area (Å²) in [7, 11) is 0. The van der Waals surface area contributed by atoms with Gasteiger partial charge >= 0.3 is 0 Å². The van der Waals surface area contributed by atoms with Crippen molar-refractivity contribution in [1.82, 2.24) is 4.98 Å². The van der Waals surface area contributed by atoms with Gasteiger partial charge in [-0.15, -0.1) is 0 Å². The lowest BCUT2D eigenvalue weighted by molar-refractivity contribution is 1.22. The number of amidine groups is 1. The van der Waals surface area contributed by atoms with Gasteiger partial charge in [0.15, 0.2) is 11.7 Å². The van der Waals surface area contributed by atoms with E-state index in [2.05, 4.69) is 28.6 Å². The molecule has 0 unspecified atom stereocenters. The van der Waals surface area contributed by atoms with Gasteiger partial charge in [-0.3, -0.25) is 0 Å². The fourth-order valence-corrected chi connectivity index (χ4v) is 0.886. The lowest BCUT2D eigenvalue weighted by Gasteiger charge is -1.93. The monoisotopic (exact) mass is 187 g/mol. The zero-order valence-corrected chi connectivity index (χ0v) is 8.22. The molecular weight excluding hydrogens is 174 g/mol. The molecule has 72 valence electrons. The fourth-order valence-electron chi connectivity index (χ4n) is 0.886. The Morgan fingerprint density at radius 3 is 3.00 bits per heavy atom. The van der Waals surface area contributed by atoms with Crippen LogP contribution in [0.25, 0.3) is 0 Å². The summed E-state index contributed by atoms with van der Waals surface area (Å²) in [5.41, 5.74) is 0. The second-order valence-corrected chi connectivity index (χ2v) is 2.63. The van der Waals surface area contributed by atoms with E-state index in [0.717, 1.165) is 6.42 Å². The Balaban J connectivity index is 2.84. The first-order valence-corrected chi connectivity index (χ1v) is 4.49. The van der Waals surface area contributed by atoms with E-state index >= 15 is 0 Å². The van der Waals surface area contributed by atoms with Crippen molar-refractivity contribution in [3.63, 3.8) is 0 Å². The van der Waals surface area contributed by atoms with E-state index in [0.29, 0.717) is 11.7 Å². The molecule has 0 saturated carbocycles. The van der Waals surface area contributed by atoms with Gasteiger partial charge < -0.3 is 0 Å². The van der Waals surface area contributed by atoms with Gasteiger partial charge in [0.1, 0.15) is 0 Å². The summed E-state index contributed by atoms with van der Waals surface area (Å²) in [4.78, 5) is 12.1. The van der Waals surface area contributed by atoms with Gasteiger partial charge in [-0.05, 0) is 31.3 Å². The van der Waals surface area contributed by atoms with Crippen LogP contribution >= 0.6 is 0 Å². The van der Waals surface area contributed by atoms with Crippen molar-refractivity contribution in [2.75, 3.05) is 0 Å². The van der Waals surface area contributed by atoms with Gasteiger partial charge in [-0.2, -0.15) is 0 Å². The lowest BCUT2D eigenvalue weighted by Crippen LogP contribution is -1.86. The molecule has 0 bridgehead atoms. The highest BCUT2D eigenvalue weighted by molar-refractivity contribution is 5.97.